The Morgan fingerprint density at radius 3 is 3.11 bits per heavy atom. The molecule has 1 heterocycles. The van der Waals surface area contributed by atoms with E-state index in [4.69, 9.17) is 5.11 Å². The lowest BCUT2D eigenvalue weighted by atomic mass is 10.1. The molecule has 0 radical (unpaired) electrons. The Hall–Kier alpha value is -1.82. The monoisotopic (exact) mass is 264 g/mol. The third kappa shape index (κ3) is 3.57. The predicted molar refractivity (Wildman–Crippen MR) is 72.9 cm³/mol. The lowest BCUT2D eigenvalue weighted by molar-refractivity contribution is 0.190. The molecule has 2 rings (SSSR count). The number of aromatic nitrogens is 2. The molecule has 1 amide bonds. The SMILES string of the molecule is CN(C)CCn1cncc1C1=CCC(NC(=O)O)C1. The molecule has 1 aliphatic carbocycles. The summed E-state index contributed by atoms with van der Waals surface area (Å²) in [6, 6.07) is -0.00954. The van der Waals surface area contributed by atoms with Gasteiger partial charge in [-0.3, -0.25) is 0 Å². The minimum atomic E-state index is -0.958. The van der Waals surface area contributed by atoms with Gasteiger partial charge >= 0.3 is 6.09 Å². The van der Waals surface area contributed by atoms with Crippen LogP contribution >= 0.6 is 0 Å². The molecule has 1 aliphatic rings. The zero-order valence-electron chi connectivity index (χ0n) is 11.3. The van der Waals surface area contributed by atoms with Gasteiger partial charge in [-0.1, -0.05) is 6.08 Å². The van der Waals surface area contributed by atoms with Crippen molar-refractivity contribution < 1.29 is 9.90 Å². The Balaban J connectivity index is 1.99. The lowest BCUT2D eigenvalue weighted by Gasteiger charge is -2.14. The van der Waals surface area contributed by atoms with Crippen molar-refractivity contribution in [2.75, 3.05) is 20.6 Å². The number of imidazole rings is 1. The van der Waals surface area contributed by atoms with E-state index in [0.717, 1.165) is 31.6 Å². The first-order valence-corrected chi connectivity index (χ1v) is 6.40. The summed E-state index contributed by atoms with van der Waals surface area (Å²) in [7, 11) is 4.08. The zero-order valence-corrected chi connectivity index (χ0v) is 11.3. The summed E-state index contributed by atoms with van der Waals surface area (Å²) in [5.41, 5.74) is 2.27. The third-order valence-corrected chi connectivity index (χ3v) is 3.27. The average Bonchev–Trinajstić information content (AvgIpc) is 2.93. The topological polar surface area (TPSA) is 70.4 Å². The van der Waals surface area contributed by atoms with Gasteiger partial charge in [0.1, 0.15) is 0 Å². The van der Waals surface area contributed by atoms with E-state index in [2.05, 4.69) is 25.8 Å². The van der Waals surface area contributed by atoms with Crippen LogP contribution in [0, 0.1) is 0 Å². The van der Waals surface area contributed by atoms with Gasteiger partial charge in [-0.25, -0.2) is 9.78 Å². The van der Waals surface area contributed by atoms with Gasteiger partial charge in [0.15, 0.2) is 0 Å². The highest BCUT2D eigenvalue weighted by molar-refractivity contribution is 5.69. The number of hydrogen-bond acceptors (Lipinski definition) is 3. The quantitative estimate of drug-likeness (QED) is 0.840. The molecule has 104 valence electrons. The number of nitrogens with zero attached hydrogens (tertiary/aromatic N) is 3. The molecule has 0 saturated heterocycles. The molecule has 0 fully saturated rings. The number of rotatable bonds is 5. The van der Waals surface area contributed by atoms with Crippen molar-refractivity contribution in [2.24, 2.45) is 0 Å². The zero-order chi connectivity index (χ0) is 13.8. The molecular formula is C13H20N4O2. The first-order valence-electron chi connectivity index (χ1n) is 6.40. The summed E-state index contributed by atoms with van der Waals surface area (Å²) in [6.07, 6.45) is 6.31. The second kappa shape index (κ2) is 5.88. The van der Waals surface area contributed by atoms with Gasteiger partial charge in [-0.2, -0.15) is 0 Å². The van der Waals surface area contributed by atoms with Crippen molar-refractivity contribution in [3.8, 4) is 0 Å². The van der Waals surface area contributed by atoms with Crippen LogP contribution in [0.3, 0.4) is 0 Å². The average molecular weight is 264 g/mol. The van der Waals surface area contributed by atoms with Gasteiger partial charge in [0.2, 0.25) is 0 Å². The van der Waals surface area contributed by atoms with E-state index >= 15 is 0 Å². The Morgan fingerprint density at radius 2 is 2.42 bits per heavy atom. The maximum atomic E-state index is 10.6. The molecule has 0 aromatic carbocycles. The molecule has 6 nitrogen and oxygen atoms in total. The van der Waals surface area contributed by atoms with Gasteiger partial charge in [-0.05, 0) is 32.5 Å². The fraction of sp³-hybridized carbons (Fsp3) is 0.538. The molecule has 1 atom stereocenters. The van der Waals surface area contributed by atoms with E-state index in [1.807, 2.05) is 26.6 Å². The van der Waals surface area contributed by atoms with Crippen LogP contribution in [0.15, 0.2) is 18.6 Å². The predicted octanol–water partition coefficient (Wildman–Crippen LogP) is 1.26. The Bertz CT molecular complexity index is 479. The van der Waals surface area contributed by atoms with Crippen LogP contribution < -0.4 is 5.32 Å². The van der Waals surface area contributed by atoms with Crippen molar-refractivity contribution in [2.45, 2.75) is 25.4 Å². The number of nitrogens with one attached hydrogen (secondary N) is 1. The van der Waals surface area contributed by atoms with Crippen LogP contribution in [-0.4, -0.2) is 52.3 Å². The number of likely N-dealkylation sites (N-methyl/N-ethyl adjacent to an activating group) is 1. The number of carbonyl (C=O) groups is 1. The first-order chi connectivity index (χ1) is 9.06. The summed E-state index contributed by atoms with van der Waals surface area (Å²) < 4.78 is 2.12. The summed E-state index contributed by atoms with van der Waals surface area (Å²) in [6.45, 7) is 1.84. The molecule has 0 saturated carbocycles. The van der Waals surface area contributed by atoms with Crippen molar-refractivity contribution in [1.82, 2.24) is 19.8 Å². The summed E-state index contributed by atoms with van der Waals surface area (Å²) in [5.74, 6) is 0. The van der Waals surface area contributed by atoms with Gasteiger partial charge in [0.25, 0.3) is 0 Å². The van der Waals surface area contributed by atoms with Crippen LogP contribution in [0.2, 0.25) is 0 Å². The largest absolute Gasteiger partial charge is 0.465 e. The molecule has 0 bridgehead atoms. The minimum absolute atomic E-state index is 0.00954. The van der Waals surface area contributed by atoms with Crippen molar-refractivity contribution in [1.29, 1.82) is 0 Å². The smallest absolute Gasteiger partial charge is 0.404 e. The second-order valence-electron chi connectivity index (χ2n) is 5.09. The molecule has 1 unspecified atom stereocenters. The Kier molecular flexibility index (Phi) is 4.21. The van der Waals surface area contributed by atoms with Gasteiger partial charge in [0.05, 0.1) is 18.2 Å². The van der Waals surface area contributed by atoms with E-state index in [9.17, 15) is 4.79 Å². The third-order valence-electron chi connectivity index (χ3n) is 3.27. The molecule has 19 heavy (non-hydrogen) atoms. The molecule has 1 aromatic rings. The lowest BCUT2D eigenvalue weighted by Crippen LogP contribution is -2.31. The van der Waals surface area contributed by atoms with Crippen LogP contribution in [0.5, 0.6) is 0 Å². The highest BCUT2D eigenvalue weighted by atomic mass is 16.4. The number of carboxylic acid groups (broad SMARTS) is 1. The van der Waals surface area contributed by atoms with E-state index in [1.165, 1.54) is 5.57 Å². The molecular weight excluding hydrogens is 244 g/mol. The molecule has 1 aromatic heterocycles. The van der Waals surface area contributed by atoms with Crippen molar-refractivity contribution >= 4 is 11.7 Å². The fourth-order valence-corrected chi connectivity index (χ4v) is 2.28. The number of amides is 1. The first kappa shape index (κ1) is 13.6. The summed E-state index contributed by atoms with van der Waals surface area (Å²) in [5, 5.41) is 11.3. The van der Waals surface area contributed by atoms with E-state index in [1.54, 1.807) is 0 Å². The Labute approximate surface area is 112 Å². The highest BCUT2D eigenvalue weighted by Crippen LogP contribution is 2.27. The summed E-state index contributed by atoms with van der Waals surface area (Å²) in [4.78, 5) is 17.0. The fourth-order valence-electron chi connectivity index (χ4n) is 2.28. The molecule has 2 N–H and O–H groups in total. The molecule has 0 spiro atoms. The maximum Gasteiger partial charge on any atom is 0.404 e. The van der Waals surface area contributed by atoms with E-state index in [0.29, 0.717) is 0 Å². The van der Waals surface area contributed by atoms with Crippen LogP contribution in [0.25, 0.3) is 5.57 Å². The van der Waals surface area contributed by atoms with Gasteiger partial charge in [-0.15, -0.1) is 0 Å². The standard InChI is InChI=1S/C13H20N4O2/c1-16(2)5-6-17-9-14-8-12(17)10-3-4-11(7-10)15-13(18)19/h3,8-9,11,15H,4-7H2,1-2H3,(H,18,19). The maximum absolute atomic E-state index is 10.6. The van der Waals surface area contributed by atoms with Gasteiger partial charge in [0, 0.05) is 19.1 Å². The normalized spacial score (nSPS) is 18.7. The van der Waals surface area contributed by atoms with Crippen LogP contribution in [0.1, 0.15) is 18.5 Å². The van der Waals surface area contributed by atoms with Crippen LogP contribution in [0.4, 0.5) is 4.79 Å². The number of hydrogen-bond donors (Lipinski definition) is 2. The Morgan fingerprint density at radius 1 is 1.63 bits per heavy atom. The highest BCUT2D eigenvalue weighted by Gasteiger charge is 2.21. The minimum Gasteiger partial charge on any atom is -0.465 e. The summed E-state index contributed by atoms with van der Waals surface area (Å²) >= 11 is 0. The van der Waals surface area contributed by atoms with Crippen LogP contribution in [-0.2, 0) is 6.54 Å². The van der Waals surface area contributed by atoms with Crippen molar-refractivity contribution in [3.63, 3.8) is 0 Å². The van der Waals surface area contributed by atoms with Crippen molar-refractivity contribution in [3.05, 3.63) is 24.3 Å². The molecule has 0 aliphatic heterocycles. The second-order valence-corrected chi connectivity index (χ2v) is 5.09. The van der Waals surface area contributed by atoms with E-state index in [-0.39, 0.29) is 6.04 Å². The molecule has 6 heteroatoms. The van der Waals surface area contributed by atoms with E-state index < -0.39 is 6.09 Å². The van der Waals surface area contributed by atoms with Gasteiger partial charge < -0.3 is 19.9 Å².